The van der Waals surface area contributed by atoms with E-state index in [9.17, 15) is 4.79 Å². The fraction of sp³-hybridized carbons (Fsp3) is 0.333. The first kappa shape index (κ1) is 13.1. The summed E-state index contributed by atoms with van der Waals surface area (Å²) in [5.41, 5.74) is 3.40. The average molecular weight is 287 g/mol. The van der Waals surface area contributed by atoms with Crippen LogP contribution in [0.1, 0.15) is 28.6 Å². The number of hydrogen-bond donors (Lipinski definition) is 2. The molecule has 4 nitrogen and oxygen atoms in total. The molecule has 1 aliphatic heterocycles. The van der Waals surface area contributed by atoms with Gasteiger partial charge in [-0.05, 0) is 18.6 Å². The lowest BCUT2D eigenvalue weighted by atomic mass is 9.98. The highest BCUT2D eigenvalue weighted by Crippen LogP contribution is 2.32. The third kappa shape index (κ3) is 2.82. The van der Waals surface area contributed by atoms with E-state index in [1.807, 2.05) is 24.4 Å². The zero-order valence-corrected chi connectivity index (χ0v) is 12.2. The number of benzene rings is 1. The Bertz CT molecular complexity index is 623. The van der Waals surface area contributed by atoms with Crippen molar-refractivity contribution in [2.24, 2.45) is 0 Å². The number of nitrogens with zero attached hydrogens (tertiary/aromatic N) is 1. The molecular formula is C15H17N3OS. The zero-order valence-electron chi connectivity index (χ0n) is 11.3. The molecule has 1 aromatic carbocycles. The largest absolute Gasteiger partial charge is 0.384 e. The summed E-state index contributed by atoms with van der Waals surface area (Å²) in [4.78, 5) is 16.4. The number of aryl methyl sites for hydroxylation is 1. The lowest BCUT2D eigenvalue weighted by Crippen LogP contribution is -2.25. The highest BCUT2D eigenvalue weighted by Gasteiger charge is 2.23. The van der Waals surface area contributed by atoms with E-state index in [1.165, 1.54) is 5.56 Å². The Balaban J connectivity index is 1.55. The summed E-state index contributed by atoms with van der Waals surface area (Å²) >= 11 is 1.58. The maximum absolute atomic E-state index is 12.0. The number of amides is 1. The van der Waals surface area contributed by atoms with E-state index in [0.717, 1.165) is 22.9 Å². The summed E-state index contributed by atoms with van der Waals surface area (Å²) in [6.45, 7) is 3.32. The SMILES string of the molecule is Cc1csc(CNC(=O)CC2CNc3ccccc32)n1. The number of carbonyl (C=O) groups is 1. The molecule has 0 radical (unpaired) electrons. The second-order valence-corrected chi connectivity index (χ2v) is 5.97. The molecule has 2 aromatic rings. The molecule has 3 rings (SSSR count). The Labute approximate surface area is 122 Å². The van der Waals surface area contributed by atoms with Gasteiger partial charge in [-0.3, -0.25) is 4.79 Å². The maximum Gasteiger partial charge on any atom is 0.221 e. The number of carbonyl (C=O) groups excluding carboxylic acids is 1. The molecule has 0 saturated carbocycles. The topological polar surface area (TPSA) is 54.0 Å². The number of fused-ring (bicyclic) bond motifs is 1. The average Bonchev–Trinajstić information content (AvgIpc) is 3.04. The van der Waals surface area contributed by atoms with Crippen LogP contribution in [-0.4, -0.2) is 17.4 Å². The Kier molecular flexibility index (Phi) is 3.69. The number of rotatable bonds is 4. The van der Waals surface area contributed by atoms with Gasteiger partial charge in [0.25, 0.3) is 0 Å². The van der Waals surface area contributed by atoms with Gasteiger partial charge < -0.3 is 10.6 Å². The molecule has 0 aliphatic carbocycles. The van der Waals surface area contributed by atoms with Crippen molar-refractivity contribution in [1.82, 2.24) is 10.3 Å². The van der Waals surface area contributed by atoms with Crippen molar-refractivity contribution in [2.75, 3.05) is 11.9 Å². The van der Waals surface area contributed by atoms with Crippen molar-refractivity contribution in [3.05, 3.63) is 45.9 Å². The van der Waals surface area contributed by atoms with Gasteiger partial charge in [0.2, 0.25) is 5.91 Å². The van der Waals surface area contributed by atoms with Crippen LogP contribution >= 0.6 is 11.3 Å². The standard InChI is InChI=1S/C15H17N3OS/c1-10-9-20-15(18-10)8-17-14(19)6-11-7-16-13-5-3-2-4-12(11)13/h2-5,9,11,16H,6-8H2,1H3,(H,17,19). The van der Waals surface area contributed by atoms with Crippen LogP contribution in [-0.2, 0) is 11.3 Å². The lowest BCUT2D eigenvalue weighted by Gasteiger charge is -2.09. The van der Waals surface area contributed by atoms with Gasteiger partial charge in [-0.15, -0.1) is 11.3 Å². The Morgan fingerprint density at radius 3 is 3.15 bits per heavy atom. The van der Waals surface area contributed by atoms with E-state index >= 15 is 0 Å². The summed E-state index contributed by atoms with van der Waals surface area (Å²) in [5, 5.41) is 9.25. The molecular weight excluding hydrogens is 270 g/mol. The Morgan fingerprint density at radius 1 is 1.50 bits per heavy atom. The first-order valence-electron chi connectivity index (χ1n) is 6.73. The van der Waals surface area contributed by atoms with Crippen molar-refractivity contribution < 1.29 is 4.79 Å². The third-order valence-corrected chi connectivity index (χ3v) is 4.44. The molecule has 1 aromatic heterocycles. The van der Waals surface area contributed by atoms with Gasteiger partial charge in [0, 0.05) is 35.6 Å². The zero-order chi connectivity index (χ0) is 13.9. The van der Waals surface area contributed by atoms with Crippen LogP contribution in [0.25, 0.3) is 0 Å². The van der Waals surface area contributed by atoms with Crippen LogP contribution < -0.4 is 10.6 Å². The predicted octanol–water partition coefficient (Wildman–Crippen LogP) is 2.67. The molecule has 2 N–H and O–H groups in total. The number of anilines is 1. The molecule has 104 valence electrons. The summed E-state index contributed by atoms with van der Waals surface area (Å²) in [6.07, 6.45) is 0.522. The first-order chi connectivity index (χ1) is 9.72. The highest BCUT2D eigenvalue weighted by molar-refractivity contribution is 7.09. The normalized spacial score (nSPS) is 16.6. The van der Waals surface area contributed by atoms with E-state index < -0.39 is 0 Å². The van der Waals surface area contributed by atoms with E-state index in [0.29, 0.717) is 13.0 Å². The minimum atomic E-state index is 0.0846. The van der Waals surface area contributed by atoms with E-state index in [4.69, 9.17) is 0 Å². The molecule has 5 heteroatoms. The molecule has 2 heterocycles. The quantitative estimate of drug-likeness (QED) is 0.909. The second kappa shape index (κ2) is 5.63. The van der Waals surface area contributed by atoms with Gasteiger partial charge in [0.1, 0.15) is 5.01 Å². The fourth-order valence-electron chi connectivity index (χ4n) is 2.49. The summed E-state index contributed by atoms with van der Waals surface area (Å²) in [7, 11) is 0. The predicted molar refractivity (Wildman–Crippen MR) is 81.0 cm³/mol. The van der Waals surface area contributed by atoms with Gasteiger partial charge in [-0.25, -0.2) is 4.98 Å². The van der Waals surface area contributed by atoms with Gasteiger partial charge in [0.05, 0.1) is 6.54 Å². The number of aromatic nitrogens is 1. The lowest BCUT2D eigenvalue weighted by molar-refractivity contribution is -0.121. The van der Waals surface area contributed by atoms with Crippen LogP contribution in [0.5, 0.6) is 0 Å². The van der Waals surface area contributed by atoms with Gasteiger partial charge in [0.15, 0.2) is 0 Å². The van der Waals surface area contributed by atoms with Crippen molar-refractivity contribution in [1.29, 1.82) is 0 Å². The van der Waals surface area contributed by atoms with Crippen LogP contribution in [0.15, 0.2) is 29.6 Å². The maximum atomic E-state index is 12.0. The number of nitrogens with one attached hydrogen (secondary N) is 2. The molecule has 1 aliphatic rings. The molecule has 0 spiro atoms. The van der Waals surface area contributed by atoms with Crippen molar-refractivity contribution >= 4 is 22.9 Å². The number of para-hydroxylation sites is 1. The van der Waals surface area contributed by atoms with Crippen LogP contribution in [0, 0.1) is 6.92 Å². The van der Waals surface area contributed by atoms with E-state index in [1.54, 1.807) is 11.3 Å². The molecule has 1 atom stereocenters. The minimum Gasteiger partial charge on any atom is -0.384 e. The molecule has 0 fully saturated rings. The molecule has 0 saturated heterocycles. The van der Waals surface area contributed by atoms with E-state index in [2.05, 4.69) is 27.8 Å². The fourth-order valence-corrected chi connectivity index (χ4v) is 3.20. The number of hydrogen-bond acceptors (Lipinski definition) is 4. The molecule has 0 bridgehead atoms. The smallest absolute Gasteiger partial charge is 0.221 e. The van der Waals surface area contributed by atoms with E-state index in [-0.39, 0.29) is 11.8 Å². The van der Waals surface area contributed by atoms with Gasteiger partial charge >= 0.3 is 0 Å². The van der Waals surface area contributed by atoms with Gasteiger partial charge in [-0.2, -0.15) is 0 Å². The van der Waals surface area contributed by atoms with Crippen molar-refractivity contribution in [3.8, 4) is 0 Å². The van der Waals surface area contributed by atoms with Crippen molar-refractivity contribution in [2.45, 2.75) is 25.8 Å². The van der Waals surface area contributed by atoms with Crippen molar-refractivity contribution in [3.63, 3.8) is 0 Å². The molecule has 1 unspecified atom stereocenters. The number of thiazole rings is 1. The summed E-state index contributed by atoms with van der Waals surface area (Å²) in [6, 6.07) is 8.19. The monoisotopic (exact) mass is 287 g/mol. The Morgan fingerprint density at radius 2 is 2.35 bits per heavy atom. The first-order valence-corrected chi connectivity index (χ1v) is 7.61. The minimum absolute atomic E-state index is 0.0846. The van der Waals surface area contributed by atoms with Crippen LogP contribution in [0.3, 0.4) is 0 Å². The summed E-state index contributed by atoms with van der Waals surface area (Å²) in [5.74, 6) is 0.352. The van der Waals surface area contributed by atoms with Crippen LogP contribution in [0.2, 0.25) is 0 Å². The molecule has 1 amide bonds. The second-order valence-electron chi connectivity index (χ2n) is 5.03. The highest BCUT2D eigenvalue weighted by atomic mass is 32.1. The van der Waals surface area contributed by atoms with Gasteiger partial charge in [-0.1, -0.05) is 18.2 Å². The third-order valence-electron chi connectivity index (χ3n) is 3.47. The van der Waals surface area contributed by atoms with Crippen LogP contribution in [0.4, 0.5) is 5.69 Å². The Hall–Kier alpha value is -1.88. The summed E-state index contributed by atoms with van der Waals surface area (Å²) < 4.78 is 0. The molecule has 20 heavy (non-hydrogen) atoms.